The normalized spacial score (nSPS) is 16.4. The Morgan fingerprint density at radius 1 is 1.23 bits per heavy atom. The van der Waals surface area contributed by atoms with E-state index in [0.29, 0.717) is 25.0 Å². The lowest BCUT2D eigenvalue weighted by atomic mass is 10.2. The Hall–Kier alpha value is -3.93. The van der Waals surface area contributed by atoms with Crippen LogP contribution in [0.1, 0.15) is 45.3 Å². The van der Waals surface area contributed by atoms with Crippen LogP contribution in [0.4, 0.5) is 8.78 Å². The van der Waals surface area contributed by atoms with E-state index in [-0.39, 0.29) is 42.4 Å². The number of rotatable bonds is 9. The van der Waals surface area contributed by atoms with Crippen LogP contribution in [0.2, 0.25) is 0 Å². The molecule has 1 aliphatic heterocycles. The van der Waals surface area contributed by atoms with Crippen molar-refractivity contribution in [3.63, 3.8) is 0 Å². The summed E-state index contributed by atoms with van der Waals surface area (Å²) in [6.45, 7) is 3.30. The maximum atomic E-state index is 12.8. The lowest BCUT2D eigenvalue weighted by Crippen LogP contribution is -2.46. The zero-order valence-electron chi connectivity index (χ0n) is 22.6. The second-order valence-electron chi connectivity index (χ2n) is 9.11. The standard InChI is InChI=1S/C21H24N2O6.C8H9F2N/c1-14-8-9-28-17(22-14)11-23-10-16(12-24)19(25)20(18(23)21(26)27-2)29-13-15-6-4-3-5-7-15;1-11-5-6-2-3-7(9)4-8(6)10/h3-7,10,12,14,17,22H,8-9,11,13H2,1-2H3;2-4,11H,5H2,1H3/t14-,17-;/m1./s1. The maximum Gasteiger partial charge on any atom is 0.358 e. The molecule has 1 aliphatic rings. The van der Waals surface area contributed by atoms with Crippen molar-refractivity contribution < 1.29 is 32.6 Å². The number of halogens is 2. The molecule has 0 saturated carbocycles. The lowest BCUT2D eigenvalue weighted by molar-refractivity contribution is -0.0250. The molecule has 1 fully saturated rings. The predicted octanol–water partition coefficient (Wildman–Crippen LogP) is 3.44. The molecular weight excluding hydrogens is 524 g/mol. The molecule has 3 aromatic rings. The minimum Gasteiger partial charge on any atom is -0.482 e. The van der Waals surface area contributed by atoms with Gasteiger partial charge in [0.2, 0.25) is 5.43 Å². The largest absolute Gasteiger partial charge is 0.482 e. The molecule has 9 nitrogen and oxygen atoms in total. The smallest absolute Gasteiger partial charge is 0.358 e. The SMILES string of the molecule is CNCc1ccc(F)cc1F.COC(=O)c1c(OCc2ccccc2)c(=O)c(C=O)cn1C[C@@H]1N[C@H](C)CCO1. The zero-order chi connectivity index (χ0) is 29.1. The molecule has 11 heteroatoms. The van der Waals surface area contributed by atoms with Crippen LogP contribution in [0.3, 0.4) is 0 Å². The van der Waals surface area contributed by atoms with E-state index in [2.05, 4.69) is 10.6 Å². The third-order valence-electron chi connectivity index (χ3n) is 6.08. The van der Waals surface area contributed by atoms with Crippen LogP contribution < -0.4 is 20.8 Å². The summed E-state index contributed by atoms with van der Waals surface area (Å²) in [6.07, 6.45) is 2.27. The fourth-order valence-corrected chi connectivity index (χ4v) is 4.03. The molecule has 2 heterocycles. The van der Waals surface area contributed by atoms with E-state index < -0.39 is 23.0 Å². The van der Waals surface area contributed by atoms with E-state index in [0.717, 1.165) is 18.1 Å². The molecule has 0 bridgehead atoms. The molecule has 214 valence electrons. The number of hydrogen-bond donors (Lipinski definition) is 2. The number of hydrogen-bond acceptors (Lipinski definition) is 8. The number of methoxy groups -OCH3 is 1. The summed E-state index contributed by atoms with van der Waals surface area (Å²) in [5.74, 6) is -1.98. The van der Waals surface area contributed by atoms with E-state index >= 15 is 0 Å². The van der Waals surface area contributed by atoms with Gasteiger partial charge in [-0.15, -0.1) is 0 Å². The molecule has 0 aliphatic carbocycles. The molecule has 2 N–H and O–H groups in total. The molecule has 0 radical (unpaired) electrons. The van der Waals surface area contributed by atoms with Crippen molar-refractivity contribution in [2.75, 3.05) is 20.8 Å². The fraction of sp³-hybridized carbons (Fsp3) is 0.345. The number of nitrogens with zero attached hydrogens (tertiary/aromatic N) is 1. The van der Waals surface area contributed by atoms with Crippen molar-refractivity contribution in [3.8, 4) is 5.75 Å². The second kappa shape index (κ2) is 15.0. The highest BCUT2D eigenvalue weighted by atomic mass is 19.1. The summed E-state index contributed by atoms with van der Waals surface area (Å²) >= 11 is 0. The third kappa shape index (κ3) is 8.28. The monoisotopic (exact) mass is 557 g/mol. The Morgan fingerprint density at radius 3 is 2.60 bits per heavy atom. The molecule has 4 rings (SSSR count). The number of aldehydes is 1. The van der Waals surface area contributed by atoms with Gasteiger partial charge in [-0.25, -0.2) is 13.6 Å². The van der Waals surface area contributed by atoms with E-state index in [4.69, 9.17) is 14.2 Å². The van der Waals surface area contributed by atoms with Gasteiger partial charge in [0.1, 0.15) is 24.5 Å². The maximum absolute atomic E-state index is 12.8. The topological polar surface area (TPSA) is 108 Å². The zero-order valence-corrected chi connectivity index (χ0v) is 22.6. The Labute approximate surface area is 231 Å². The van der Waals surface area contributed by atoms with E-state index in [1.807, 2.05) is 37.3 Å². The summed E-state index contributed by atoms with van der Waals surface area (Å²) in [4.78, 5) is 36.7. The molecule has 40 heavy (non-hydrogen) atoms. The van der Waals surface area contributed by atoms with E-state index in [9.17, 15) is 23.2 Å². The molecule has 1 saturated heterocycles. The first kappa shape index (κ1) is 30.6. The summed E-state index contributed by atoms with van der Waals surface area (Å²) in [7, 11) is 2.94. The molecule has 1 aromatic heterocycles. The molecular formula is C29H33F2N3O6. The van der Waals surface area contributed by atoms with Crippen LogP contribution in [0.5, 0.6) is 5.75 Å². The van der Waals surface area contributed by atoms with Gasteiger partial charge >= 0.3 is 5.97 Å². The summed E-state index contributed by atoms with van der Waals surface area (Å²) in [6, 6.07) is 13.0. The van der Waals surface area contributed by atoms with Crippen LogP contribution >= 0.6 is 0 Å². The minimum absolute atomic E-state index is 0.0531. The molecule has 2 aromatic carbocycles. The Balaban J connectivity index is 0.000000336. The van der Waals surface area contributed by atoms with Crippen LogP contribution in [-0.2, 0) is 29.2 Å². The predicted molar refractivity (Wildman–Crippen MR) is 144 cm³/mol. The summed E-state index contributed by atoms with van der Waals surface area (Å²) in [5, 5.41) is 6.06. The van der Waals surface area contributed by atoms with Crippen molar-refractivity contribution in [1.29, 1.82) is 0 Å². The van der Waals surface area contributed by atoms with Gasteiger partial charge in [0.25, 0.3) is 0 Å². The average Bonchev–Trinajstić information content (AvgIpc) is 2.95. The Kier molecular flexibility index (Phi) is 11.5. The highest BCUT2D eigenvalue weighted by molar-refractivity contribution is 5.91. The number of nitrogens with one attached hydrogen (secondary N) is 2. The number of benzene rings is 2. The molecule has 2 atom stereocenters. The lowest BCUT2D eigenvalue weighted by Gasteiger charge is -2.30. The number of esters is 1. The number of carbonyl (C=O) groups excluding carboxylic acids is 2. The molecule has 0 spiro atoms. The minimum atomic E-state index is -0.730. The van der Waals surface area contributed by atoms with Crippen molar-refractivity contribution in [1.82, 2.24) is 15.2 Å². The van der Waals surface area contributed by atoms with Crippen molar-refractivity contribution in [2.24, 2.45) is 0 Å². The highest BCUT2D eigenvalue weighted by Gasteiger charge is 2.27. The van der Waals surface area contributed by atoms with Gasteiger partial charge in [0.15, 0.2) is 17.7 Å². The van der Waals surface area contributed by atoms with Gasteiger partial charge in [-0.05, 0) is 32.0 Å². The average molecular weight is 558 g/mol. The Bertz CT molecular complexity index is 1350. The fourth-order valence-electron chi connectivity index (χ4n) is 4.03. The first-order chi connectivity index (χ1) is 19.3. The second-order valence-corrected chi connectivity index (χ2v) is 9.11. The number of ether oxygens (including phenoxy) is 3. The van der Waals surface area contributed by atoms with Crippen molar-refractivity contribution in [3.05, 3.63) is 99.0 Å². The van der Waals surface area contributed by atoms with Gasteiger partial charge < -0.3 is 24.1 Å². The van der Waals surface area contributed by atoms with Crippen LogP contribution in [0, 0.1) is 11.6 Å². The number of carbonyl (C=O) groups is 2. The third-order valence-corrected chi connectivity index (χ3v) is 6.08. The number of pyridine rings is 1. The van der Waals surface area contributed by atoms with Gasteiger partial charge in [-0.1, -0.05) is 36.4 Å². The van der Waals surface area contributed by atoms with Gasteiger partial charge in [0, 0.05) is 30.4 Å². The Morgan fingerprint density at radius 2 is 1.98 bits per heavy atom. The van der Waals surface area contributed by atoms with Gasteiger partial charge in [-0.3, -0.25) is 14.9 Å². The summed E-state index contributed by atoms with van der Waals surface area (Å²) in [5.41, 5.74) is 0.483. The number of aromatic nitrogens is 1. The first-order valence-corrected chi connectivity index (χ1v) is 12.7. The first-order valence-electron chi connectivity index (χ1n) is 12.7. The van der Waals surface area contributed by atoms with E-state index in [1.165, 1.54) is 30.0 Å². The molecule has 0 unspecified atom stereocenters. The summed E-state index contributed by atoms with van der Waals surface area (Å²) < 4.78 is 42.9. The molecule has 0 amide bonds. The van der Waals surface area contributed by atoms with Gasteiger partial charge in [-0.2, -0.15) is 0 Å². The quantitative estimate of drug-likeness (QED) is 0.305. The van der Waals surface area contributed by atoms with Crippen LogP contribution in [0.15, 0.2) is 59.5 Å². The van der Waals surface area contributed by atoms with Crippen LogP contribution in [0.25, 0.3) is 0 Å². The highest BCUT2D eigenvalue weighted by Crippen LogP contribution is 2.20. The van der Waals surface area contributed by atoms with Crippen LogP contribution in [-0.4, -0.2) is 49.9 Å². The van der Waals surface area contributed by atoms with Crippen molar-refractivity contribution in [2.45, 2.75) is 45.3 Å². The van der Waals surface area contributed by atoms with Crippen molar-refractivity contribution >= 4 is 12.3 Å². The van der Waals surface area contributed by atoms with E-state index in [1.54, 1.807) is 7.05 Å². The van der Waals surface area contributed by atoms with Gasteiger partial charge in [0.05, 0.1) is 25.8 Å².